The van der Waals surface area contributed by atoms with Crippen molar-refractivity contribution in [2.45, 2.75) is 0 Å². The highest BCUT2D eigenvalue weighted by Gasteiger charge is 2.03. The van der Waals surface area contributed by atoms with E-state index in [-0.39, 0.29) is 5.75 Å². The number of carbonyl (C=O) groups is 1. The number of phenolic OH excluding ortho intramolecular Hbond substituents is 1. The number of fused-ring (bicyclic) bond motifs is 1. The van der Waals surface area contributed by atoms with Crippen LogP contribution in [-0.4, -0.2) is 11.6 Å². The molecule has 0 aliphatic carbocycles. The Kier molecular flexibility index (Phi) is 2.07. The second-order valence-corrected chi connectivity index (χ2v) is 2.84. The maximum Gasteiger partial charge on any atom is 0.298 e. The smallest absolute Gasteiger partial charge is 0.298 e. The summed E-state index contributed by atoms with van der Waals surface area (Å²) in [4.78, 5) is 10.2. The molecule has 0 heterocycles. The number of hydrogen-bond acceptors (Lipinski definition) is 3. The van der Waals surface area contributed by atoms with E-state index in [0.717, 1.165) is 5.39 Å². The van der Waals surface area contributed by atoms with Gasteiger partial charge in [0.15, 0.2) is 0 Å². The summed E-state index contributed by atoms with van der Waals surface area (Å²) in [5, 5.41) is 10.9. The van der Waals surface area contributed by atoms with E-state index >= 15 is 0 Å². The second-order valence-electron chi connectivity index (χ2n) is 2.84. The fourth-order valence-corrected chi connectivity index (χ4v) is 1.42. The first kappa shape index (κ1) is 8.56. The van der Waals surface area contributed by atoms with Crippen LogP contribution in [0.25, 0.3) is 10.8 Å². The molecule has 14 heavy (non-hydrogen) atoms. The molecule has 0 aliphatic heterocycles. The predicted octanol–water partition coefficient (Wildman–Crippen LogP) is 2.08. The quantitative estimate of drug-likeness (QED) is 0.734. The maximum absolute atomic E-state index is 10.2. The molecule has 70 valence electrons. The average molecular weight is 188 g/mol. The van der Waals surface area contributed by atoms with Gasteiger partial charge in [-0.25, -0.2) is 0 Å². The molecule has 1 N–H and O–H groups in total. The molecule has 2 rings (SSSR count). The van der Waals surface area contributed by atoms with Crippen molar-refractivity contribution in [3.8, 4) is 11.5 Å². The van der Waals surface area contributed by atoms with Crippen LogP contribution in [0.5, 0.6) is 11.5 Å². The van der Waals surface area contributed by atoms with Gasteiger partial charge in [0.05, 0.1) is 0 Å². The Bertz CT molecular complexity index is 477. The largest absolute Gasteiger partial charge is 0.507 e. The average Bonchev–Trinajstić information content (AvgIpc) is 2.20. The SMILES string of the molecule is O=COc1cccc2c(O)cccc12. The lowest BCUT2D eigenvalue weighted by Crippen LogP contribution is -1.89. The van der Waals surface area contributed by atoms with E-state index in [1.165, 1.54) is 0 Å². The van der Waals surface area contributed by atoms with Gasteiger partial charge in [-0.15, -0.1) is 0 Å². The van der Waals surface area contributed by atoms with E-state index in [2.05, 4.69) is 0 Å². The highest BCUT2D eigenvalue weighted by atomic mass is 16.5. The molecule has 0 saturated heterocycles. The number of rotatable bonds is 2. The van der Waals surface area contributed by atoms with Crippen LogP contribution in [0, 0.1) is 0 Å². The van der Waals surface area contributed by atoms with Gasteiger partial charge in [0.25, 0.3) is 6.47 Å². The van der Waals surface area contributed by atoms with Gasteiger partial charge in [-0.3, -0.25) is 4.79 Å². The third-order valence-corrected chi connectivity index (χ3v) is 2.03. The monoisotopic (exact) mass is 188 g/mol. The highest BCUT2D eigenvalue weighted by molar-refractivity contribution is 5.93. The lowest BCUT2D eigenvalue weighted by molar-refractivity contribution is -0.120. The Hall–Kier alpha value is -2.03. The minimum absolute atomic E-state index is 0.179. The first-order valence-corrected chi connectivity index (χ1v) is 4.14. The van der Waals surface area contributed by atoms with Crippen molar-refractivity contribution in [2.75, 3.05) is 0 Å². The zero-order valence-electron chi connectivity index (χ0n) is 7.31. The Balaban J connectivity index is 2.74. The van der Waals surface area contributed by atoms with E-state index < -0.39 is 0 Å². The first-order valence-electron chi connectivity index (χ1n) is 4.14. The molecular formula is C11H8O3. The fraction of sp³-hybridized carbons (Fsp3) is 0. The molecule has 3 nitrogen and oxygen atoms in total. The standard InChI is InChI=1S/C11H8O3/c12-7-14-11-6-2-3-8-9(11)4-1-5-10(8)13/h1-7,13H. The van der Waals surface area contributed by atoms with Crippen LogP contribution in [0.2, 0.25) is 0 Å². The number of ether oxygens (including phenoxy) is 1. The van der Waals surface area contributed by atoms with Crippen LogP contribution in [0.1, 0.15) is 0 Å². The van der Waals surface area contributed by atoms with Crippen molar-refractivity contribution < 1.29 is 14.6 Å². The number of hydrogen-bond donors (Lipinski definition) is 1. The molecule has 0 atom stereocenters. The zero-order chi connectivity index (χ0) is 9.97. The van der Waals surface area contributed by atoms with Crippen LogP contribution in [0.15, 0.2) is 36.4 Å². The predicted molar refractivity (Wildman–Crippen MR) is 52.3 cm³/mol. The van der Waals surface area contributed by atoms with Crippen LogP contribution >= 0.6 is 0 Å². The van der Waals surface area contributed by atoms with Crippen LogP contribution in [0.3, 0.4) is 0 Å². The van der Waals surface area contributed by atoms with Gasteiger partial charge in [0.1, 0.15) is 11.5 Å². The van der Waals surface area contributed by atoms with Gasteiger partial charge in [0.2, 0.25) is 0 Å². The number of benzene rings is 2. The molecule has 0 radical (unpaired) electrons. The summed E-state index contributed by atoms with van der Waals surface area (Å²) in [6.07, 6.45) is 0. The summed E-state index contributed by atoms with van der Waals surface area (Å²) >= 11 is 0. The molecule has 2 aromatic carbocycles. The Morgan fingerprint density at radius 1 is 1.07 bits per heavy atom. The van der Waals surface area contributed by atoms with Crippen LogP contribution in [0.4, 0.5) is 0 Å². The van der Waals surface area contributed by atoms with Gasteiger partial charge >= 0.3 is 0 Å². The minimum atomic E-state index is 0.179. The third-order valence-electron chi connectivity index (χ3n) is 2.03. The summed E-state index contributed by atoms with van der Waals surface area (Å²) in [5.74, 6) is 0.632. The molecule has 0 spiro atoms. The second kappa shape index (κ2) is 3.38. The number of phenols is 1. The fourth-order valence-electron chi connectivity index (χ4n) is 1.42. The topological polar surface area (TPSA) is 46.5 Å². The lowest BCUT2D eigenvalue weighted by Gasteiger charge is -2.04. The first-order chi connectivity index (χ1) is 6.83. The summed E-state index contributed by atoms with van der Waals surface area (Å²) in [6.45, 7) is 0.374. The van der Waals surface area contributed by atoms with Crippen molar-refractivity contribution in [3.63, 3.8) is 0 Å². The summed E-state index contributed by atoms with van der Waals surface area (Å²) < 4.78 is 4.78. The Morgan fingerprint density at radius 3 is 2.57 bits per heavy atom. The molecule has 0 aromatic heterocycles. The van der Waals surface area contributed by atoms with E-state index in [4.69, 9.17) is 4.74 Å². The van der Waals surface area contributed by atoms with Crippen molar-refractivity contribution in [1.29, 1.82) is 0 Å². The maximum atomic E-state index is 10.2. The number of carbonyl (C=O) groups excluding carboxylic acids is 1. The van der Waals surface area contributed by atoms with E-state index in [0.29, 0.717) is 17.6 Å². The molecule has 0 aliphatic rings. The summed E-state index contributed by atoms with van der Waals surface area (Å²) in [5.41, 5.74) is 0. The van der Waals surface area contributed by atoms with Crippen LogP contribution in [-0.2, 0) is 4.79 Å². The van der Waals surface area contributed by atoms with Crippen molar-refractivity contribution in [1.82, 2.24) is 0 Å². The van der Waals surface area contributed by atoms with E-state index in [9.17, 15) is 9.90 Å². The van der Waals surface area contributed by atoms with Gasteiger partial charge in [-0.2, -0.15) is 0 Å². The molecule has 0 fully saturated rings. The molecular weight excluding hydrogens is 180 g/mol. The van der Waals surface area contributed by atoms with Crippen LogP contribution < -0.4 is 4.74 Å². The van der Waals surface area contributed by atoms with E-state index in [1.807, 2.05) is 0 Å². The molecule has 0 amide bonds. The van der Waals surface area contributed by atoms with Gasteiger partial charge in [0, 0.05) is 10.8 Å². The number of aromatic hydroxyl groups is 1. The molecule has 0 bridgehead atoms. The van der Waals surface area contributed by atoms with Crippen molar-refractivity contribution >= 4 is 17.2 Å². The molecule has 0 saturated carbocycles. The molecule has 2 aromatic rings. The van der Waals surface area contributed by atoms with Gasteiger partial charge in [-0.1, -0.05) is 24.3 Å². The summed E-state index contributed by atoms with van der Waals surface area (Å²) in [6, 6.07) is 10.2. The normalized spacial score (nSPS) is 10.0. The van der Waals surface area contributed by atoms with E-state index in [1.54, 1.807) is 36.4 Å². The highest BCUT2D eigenvalue weighted by Crippen LogP contribution is 2.30. The Labute approximate surface area is 80.5 Å². The third kappa shape index (κ3) is 1.29. The molecule has 3 heteroatoms. The zero-order valence-corrected chi connectivity index (χ0v) is 7.31. The summed E-state index contributed by atoms with van der Waals surface area (Å²) in [7, 11) is 0. The van der Waals surface area contributed by atoms with Gasteiger partial charge < -0.3 is 9.84 Å². The lowest BCUT2D eigenvalue weighted by atomic mass is 10.1. The van der Waals surface area contributed by atoms with Gasteiger partial charge in [-0.05, 0) is 12.1 Å². The molecule has 0 unspecified atom stereocenters. The minimum Gasteiger partial charge on any atom is -0.507 e. The van der Waals surface area contributed by atoms with Crippen molar-refractivity contribution in [3.05, 3.63) is 36.4 Å². The Morgan fingerprint density at radius 2 is 1.79 bits per heavy atom. The van der Waals surface area contributed by atoms with Crippen molar-refractivity contribution in [2.24, 2.45) is 0 Å².